The Kier molecular flexibility index (Phi) is 15.9. The van der Waals surface area contributed by atoms with Gasteiger partial charge in [0.05, 0.1) is 6.54 Å². The summed E-state index contributed by atoms with van der Waals surface area (Å²) in [6.45, 7) is 1.00. The summed E-state index contributed by atoms with van der Waals surface area (Å²) in [5, 5.41) is 27.3. The third-order valence-electron chi connectivity index (χ3n) is 5.04. The molecule has 0 saturated heterocycles. The minimum Gasteiger partial charge on any atom is -0.477 e. The van der Waals surface area contributed by atoms with Crippen molar-refractivity contribution < 1.29 is 34.2 Å². The van der Waals surface area contributed by atoms with E-state index in [1.54, 1.807) is 0 Å². The van der Waals surface area contributed by atoms with Gasteiger partial charge >= 0.3 is 17.9 Å². The van der Waals surface area contributed by atoms with Crippen molar-refractivity contribution in [2.24, 2.45) is 0 Å². The minimum atomic E-state index is -1.17. The van der Waals surface area contributed by atoms with Crippen molar-refractivity contribution in [1.29, 1.82) is 0 Å². The monoisotopic (exact) mass is 414 g/mol. The lowest BCUT2D eigenvalue weighted by Crippen LogP contribution is -2.57. The average Bonchev–Trinajstić information content (AvgIpc) is 2.60. The van der Waals surface area contributed by atoms with Crippen molar-refractivity contribution in [3.63, 3.8) is 0 Å². The van der Waals surface area contributed by atoms with Crippen LogP contribution in [0.25, 0.3) is 0 Å². The first-order chi connectivity index (χ1) is 13.8. The molecular weight excluding hydrogens is 374 g/mol. The third-order valence-corrected chi connectivity index (χ3v) is 5.04. The van der Waals surface area contributed by atoms with Crippen LogP contribution >= 0.6 is 0 Å². The first-order valence-corrected chi connectivity index (χ1v) is 11.0. The molecule has 0 saturated carbocycles. The highest BCUT2D eigenvalue weighted by atomic mass is 16.4. The summed E-state index contributed by atoms with van der Waals surface area (Å²) in [5.41, 5.74) is 0. The smallest absolute Gasteiger partial charge is 0.359 e. The predicted octanol–water partition coefficient (Wildman–Crippen LogP) is 4.31. The molecule has 0 radical (unpaired) electrons. The molecule has 0 fully saturated rings. The summed E-state index contributed by atoms with van der Waals surface area (Å²) in [6, 6.07) is 0. The van der Waals surface area contributed by atoms with E-state index in [9.17, 15) is 14.4 Å². The van der Waals surface area contributed by atoms with Gasteiger partial charge in [0.25, 0.3) is 0 Å². The van der Waals surface area contributed by atoms with Crippen LogP contribution in [0.1, 0.15) is 84.0 Å². The Morgan fingerprint density at radius 1 is 0.621 bits per heavy atom. The van der Waals surface area contributed by atoms with Crippen molar-refractivity contribution in [2.45, 2.75) is 84.0 Å². The summed E-state index contributed by atoms with van der Waals surface area (Å²) in [5.74, 6) is -3.52. The van der Waals surface area contributed by atoms with E-state index in [1.807, 2.05) is 0 Å². The molecule has 7 heteroatoms. The normalized spacial score (nSPS) is 11.8. The maximum absolute atomic E-state index is 11.1. The lowest BCUT2D eigenvalue weighted by Gasteiger charge is -2.34. The van der Waals surface area contributed by atoms with E-state index in [0.29, 0.717) is 6.42 Å². The van der Waals surface area contributed by atoms with Gasteiger partial charge in [-0.05, 0) is 32.1 Å². The van der Waals surface area contributed by atoms with Gasteiger partial charge in [-0.3, -0.25) is 4.48 Å². The van der Waals surface area contributed by atoms with Crippen molar-refractivity contribution in [1.82, 2.24) is 0 Å². The number of carbonyl (C=O) groups is 3. The van der Waals surface area contributed by atoms with E-state index in [4.69, 9.17) is 15.3 Å². The first kappa shape index (κ1) is 27.1. The Labute approximate surface area is 175 Å². The second kappa shape index (κ2) is 17.0. The van der Waals surface area contributed by atoms with E-state index in [-0.39, 0.29) is 6.54 Å². The molecule has 7 nitrogen and oxygen atoms in total. The molecule has 0 heterocycles. The third kappa shape index (κ3) is 16.7. The van der Waals surface area contributed by atoms with Gasteiger partial charge in [0, 0.05) is 0 Å². The summed E-state index contributed by atoms with van der Waals surface area (Å²) in [7, 11) is 0. The van der Waals surface area contributed by atoms with Crippen LogP contribution < -0.4 is 0 Å². The number of carboxylic acids is 3. The maximum Gasteiger partial charge on any atom is 0.359 e. The Balaban J connectivity index is 3.98. The highest BCUT2D eigenvalue weighted by Crippen LogP contribution is 2.14. The fourth-order valence-electron chi connectivity index (χ4n) is 3.61. The number of unbranched alkanes of at least 4 members (excludes halogenated alkanes) is 10. The van der Waals surface area contributed by atoms with E-state index in [1.165, 1.54) is 51.4 Å². The number of allylic oxidation sites excluding steroid dienone is 2. The number of quaternary nitrogens is 1. The Hall–Kier alpha value is -1.89. The van der Waals surface area contributed by atoms with Crippen LogP contribution in [0.15, 0.2) is 12.2 Å². The van der Waals surface area contributed by atoms with Crippen LogP contribution in [-0.4, -0.2) is 63.9 Å². The van der Waals surface area contributed by atoms with Gasteiger partial charge in [0.2, 0.25) is 0 Å². The van der Waals surface area contributed by atoms with Crippen LogP contribution in [0, 0.1) is 0 Å². The van der Waals surface area contributed by atoms with Gasteiger partial charge in [0.1, 0.15) is 0 Å². The molecule has 0 rings (SSSR count). The maximum atomic E-state index is 11.1. The van der Waals surface area contributed by atoms with Crippen LogP contribution in [0.3, 0.4) is 0 Å². The fraction of sp³-hybridized carbons (Fsp3) is 0.773. The highest BCUT2D eigenvalue weighted by Gasteiger charge is 2.35. The summed E-state index contributed by atoms with van der Waals surface area (Å²) in [6.07, 6.45) is 17.8. The van der Waals surface area contributed by atoms with Crippen molar-refractivity contribution in [2.75, 3.05) is 26.2 Å². The Morgan fingerprint density at radius 2 is 1.00 bits per heavy atom. The zero-order valence-corrected chi connectivity index (χ0v) is 18.0. The van der Waals surface area contributed by atoms with Gasteiger partial charge in [-0.2, -0.15) is 0 Å². The van der Waals surface area contributed by atoms with E-state index in [0.717, 1.165) is 19.3 Å². The number of aliphatic carboxylic acids is 3. The molecule has 168 valence electrons. The van der Waals surface area contributed by atoms with Crippen LogP contribution in [-0.2, 0) is 14.4 Å². The number of carboxylic acid groups (broad SMARTS) is 3. The molecule has 0 atom stereocenters. The second-order valence-electron chi connectivity index (χ2n) is 7.95. The van der Waals surface area contributed by atoms with Gasteiger partial charge in [-0.25, -0.2) is 14.4 Å². The molecule has 29 heavy (non-hydrogen) atoms. The fourth-order valence-corrected chi connectivity index (χ4v) is 3.61. The zero-order valence-electron chi connectivity index (χ0n) is 18.0. The van der Waals surface area contributed by atoms with Gasteiger partial charge in [-0.1, -0.05) is 64.0 Å². The second-order valence-corrected chi connectivity index (χ2v) is 7.95. The molecule has 0 aromatic rings. The first-order valence-electron chi connectivity index (χ1n) is 11.0. The highest BCUT2D eigenvalue weighted by molar-refractivity contribution is 5.73. The lowest BCUT2D eigenvalue weighted by molar-refractivity contribution is -0.907. The van der Waals surface area contributed by atoms with Crippen molar-refractivity contribution in [3.8, 4) is 0 Å². The lowest BCUT2D eigenvalue weighted by atomic mass is 10.1. The summed E-state index contributed by atoms with van der Waals surface area (Å²) >= 11 is 0. The molecule has 0 spiro atoms. The predicted molar refractivity (Wildman–Crippen MR) is 113 cm³/mol. The van der Waals surface area contributed by atoms with Gasteiger partial charge < -0.3 is 15.3 Å². The topological polar surface area (TPSA) is 112 Å². The molecule has 0 bridgehead atoms. The van der Waals surface area contributed by atoms with Crippen LogP contribution in [0.5, 0.6) is 0 Å². The molecule has 0 aliphatic rings. The molecular formula is C22H40NO6+. The Morgan fingerprint density at radius 3 is 1.41 bits per heavy atom. The molecule has 0 aliphatic carbocycles. The van der Waals surface area contributed by atoms with Gasteiger partial charge in [-0.15, -0.1) is 0 Å². The van der Waals surface area contributed by atoms with Crippen molar-refractivity contribution in [3.05, 3.63) is 12.2 Å². The van der Waals surface area contributed by atoms with Crippen LogP contribution in [0.2, 0.25) is 0 Å². The SMILES string of the molecule is CCC/C=C/CCCCCCCCCCC[N+](CC(=O)O)(CC(=O)O)CC(=O)O. The summed E-state index contributed by atoms with van der Waals surface area (Å²) in [4.78, 5) is 33.4. The zero-order chi connectivity index (χ0) is 22.0. The number of hydrogen-bond acceptors (Lipinski definition) is 3. The molecule has 0 aromatic carbocycles. The van der Waals surface area contributed by atoms with E-state index in [2.05, 4.69) is 19.1 Å². The molecule has 0 aliphatic heterocycles. The largest absolute Gasteiger partial charge is 0.477 e. The molecule has 0 amide bonds. The molecule has 0 aromatic heterocycles. The quantitative estimate of drug-likeness (QED) is 0.155. The van der Waals surface area contributed by atoms with Crippen molar-refractivity contribution >= 4 is 17.9 Å². The Bertz CT molecular complexity index is 463. The number of hydrogen-bond donors (Lipinski definition) is 3. The minimum absolute atomic E-state index is 0.260. The summed E-state index contributed by atoms with van der Waals surface area (Å²) < 4.78 is -0.438. The van der Waals surface area contributed by atoms with Crippen LogP contribution in [0.4, 0.5) is 0 Å². The van der Waals surface area contributed by atoms with E-state index >= 15 is 0 Å². The number of rotatable bonds is 20. The molecule has 0 unspecified atom stereocenters. The molecule has 3 N–H and O–H groups in total. The number of nitrogens with zero attached hydrogens (tertiary/aromatic N) is 1. The van der Waals surface area contributed by atoms with E-state index < -0.39 is 42.0 Å². The standard InChI is InChI=1S/C22H39NO6/c1-2-3-4-5-6-7-8-9-10-11-12-13-14-15-16-23(17-20(24)25,18-21(26)27)19-22(28)29/h4-5H,2-3,6-19H2,1H3,(H2-,24,25,26,27,28,29)/p+1/b5-4+. The average molecular weight is 415 g/mol. The van der Waals surface area contributed by atoms with Gasteiger partial charge in [0.15, 0.2) is 19.6 Å².